The molecule has 1 aromatic rings. The average molecular weight is 236 g/mol. The number of hydrogen-bond acceptors (Lipinski definition) is 3. The van der Waals surface area contributed by atoms with Crippen molar-refractivity contribution in [3.8, 4) is 5.75 Å². The van der Waals surface area contributed by atoms with Crippen LogP contribution >= 0.6 is 0 Å². The Morgan fingerprint density at radius 2 is 2.12 bits per heavy atom. The summed E-state index contributed by atoms with van der Waals surface area (Å²) in [5.74, 6) is 0.883. The van der Waals surface area contributed by atoms with E-state index < -0.39 is 0 Å². The highest BCUT2D eigenvalue weighted by Crippen LogP contribution is 2.12. The van der Waals surface area contributed by atoms with Crippen molar-refractivity contribution in [1.29, 1.82) is 0 Å². The van der Waals surface area contributed by atoms with Crippen molar-refractivity contribution in [2.45, 2.75) is 33.3 Å². The number of ether oxygens (including phenoxy) is 2. The van der Waals surface area contributed by atoms with Gasteiger partial charge in [0, 0.05) is 6.42 Å². The lowest BCUT2D eigenvalue weighted by Crippen LogP contribution is -2.15. The zero-order valence-corrected chi connectivity index (χ0v) is 10.7. The van der Waals surface area contributed by atoms with E-state index in [1.165, 1.54) is 0 Å². The molecular weight excluding hydrogens is 216 g/mol. The summed E-state index contributed by atoms with van der Waals surface area (Å²) in [6.07, 6.45) is 0.484. The quantitative estimate of drug-likeness (QED) is 0.730. The van der Waals surface area contributed by atoms with Gasteiger partial charge < -0.3 is 9.47 Å². The molecule has 0 aromatic heterocycles. The third kappa shape index (κ3) is 6.07. The van der Waals surface area contributed by atoms with Crippen LogP contribution in [0.4, 0.5) is 0 Å². The number of Topliss-reactive ketones (excluding diaryl/α,β-unsaturated/α-hetero) is 1. The fraction of sp³-hybridized carbons (Fsp3) is 0.500. The zero-order chi connectivity index (χ0) is 12.7. The first-order valence-corrected chi connectivity index (χ1v) is 5.90. The molecule has 1 rings (SSSR count). The number of rotatable bonds is 7. The van der Waals surface area contributed by atoms with Gasteiger partial charge in [0.15, 0.2) is 5.78 Å². The summed E-state index contributed by atoms with van der Waals surface area (Å²) in [6, 6.07) is 7.79. The number of carbonyl (C=O) groups excluding carboxylic acids is 1. The summed E-state index contributed by atoms with van der Waals surface area (Å²) in [4.78, 5) is 11.4. The maximum absolute atomic E-state index is 11.4. The maximum atomic E-state index is 11.4. The van der Waals surface area contributed by atoms with E-state index >= 15 is 0 Å². The Morgan fingerprint density at radius 3 is 2.76 bits per heavy atom. The zero-order valence-electron chi connectivity index (χ0n) is 10.7. The monoisotopic (exact) mass is 236 g/mol. The van der Waals surface area contributed by atoms with Crippen LogP contribution in [-0.4, -0.2) is 25.1 Å². The second-order valence-corrected chi connectivity index (χ2v) is 4.31. The Kier molecular flexibility index (Phi) is 5.70. The smallest absolute Gasteiger partial charge is 0.161 e. The Bertz CT molecular complexity index is 358. The molecule has 0 saturated carbocycles. The molecule has 0 atom stereocenters. The van der Waals surface area contributed by atoms with E-state index in [9.17, 15) is 4.79 Å². The molecular formula is C14H20O3. The fourth-order valence-corrected chi connectivity index (χ4v) is 1.32. The summed E-state index contributed by atoms with van der Waals surface area (Å²) in [5.41, 5.74) is 1.15. The molecule has 3 nitrogen and oxygen atoms in total. The van der Waals surface area contributed by atoms with Gasteiger partial charge in [0.1, 0.15) is 12.4 Å². The second-order valence-electron chi connectivity index (χ2n) is 4.31. The van der Waals surface area contributed by atoms with Crippen molar-refractivity contribution in [1.82, 2.24) is 0 Å². The molecule has 0 aliphatic carbocycles. The first-order valence-electron chi connectivity index (χ1n) is 5.90. The third-order valence-electron chi connectivity index (χ3n) is 2.22. The summed E-state index contributed by atoms with van der Waals surface area (Å²) in [5, 5.41) is 0. The van der Waals surface area contributed by atoms with E-state index in [1.807, 2.05) is 45.0 Å². The lowest BCUT2D eigenvalue weighted by Gasteiger charge is -2.08. The fourth-order valence-electron chi connectivity index (χ4n) is 1.32. The van der Waals surface area contributed by atoms with Crippen molar-refractivity contribution in [2.75, 3.05) is 13.2 Å². The minimum absolute atomic E-state index is 0.0753. The summed E-state index contributed by atoms with van der Waals surface area (Å²) in [7, 11) is 0. The lowest BCUT2D eigenvalue weighted by molar-refractivity contribution is -0.125. The van der Waals surface area contributed by atoms with Gasteiger partial charge in [-0.05, 0) is 38.5 Å². The minimum atomic E-state index is 0.0753. The molecule has 0 saturated heterocycles. The van der Waals surface area contributed by atoms with E-state index in [4.69, 9.17) is 9.47 Å². The molecule has 17 heavy (non-hydrogen) atoms. The van der Waals surface area contributed by atoms with E-state index in [0.717, 1.165) is 11.3 Å². The molecule has 0 amide bonds. The molecule has 0 radical (unpaired) electrons. The lowest BCUT2D eigenvalue weighted by atomic mass is 10.2. The standard InChI is InChI=1S/C14H20O3/c1-11(2)17-10-13(15)7-8-16-14-6-4-5-12(3)9-14/h4-6,9,11H,7-8,10H2,1-3H3. The van der Waals surface area contributed by atoms with Crippen molar-refractivity contribution in [3.63, 3.8) is 0 Å². The number of aryl methyl sites for hydroxylation is 1. The first-order chi connectivity index (χ1) is 8.08. The molecule has 0 spiro atoms. The highest BCUT2D eigenvalue weighted by molar-refractivity contribution is 5.79. The van der Waals surface area contributed by atoms with E-state index in [2.05, 4.69) is 0 Å². The average Bonchev–Trinajstić information content (AvgIpc) is 2.26. The van der Waals surface area contributed by atoms with Crippen molar-refractivity contribution >= 4 is 5.78 Å². The van der Waals surface area contributed by atoms with Gasteiger partial charge in [-0.1, -0.05) is 12.1 Å². The highest BCUT2D eigenvalue weighted by atomic mass is 16.5. The first kappa shape index (κ1) is 13.7. The maximum Gasteiger partial charge on any atom is 0.161 e. The van der Waals surface area contributed by atoms with Gasteiger partial charge in [-0.25, -0.2) is 0 Å². The Hall–Kier alpha value is -1.35. The van der Waals surface area contributed by atoms with E-state index in [-0.39, 0.29) is 18.5 Å². The molecule has 0 unspecified atom stereocenters. The van der Waals surface area contributed by atoms with Crippen LogP contribution in [0.25, 0.3) is 0 Å². The molecule has 3 heteroatoms. The van der Waals surface area contributed by atoms with Gasteiger partial charge in [0.25, 0.3) is 0 Å². The molecule has 0 aliphatic rings. The molecule has 0 N–H and O–H groups in total. The molecule has 94 valence electrons. The van der Waals surface area contributed by atoms with Crippen LogP contribution in [-0.2, 0) is 9.53 Å². The molecule has 0 fully saturated rings. The van der Waals surface area contributed by atoms with Gasteiger partial charge in [0.05, 0.1) is 12.7 Å². The SMILES string of the molecule is Cc1cccc(OCCC(=O)COC(C)C)c1. The van der Waals surface area contributed by atoms with Crippen molar-refractivity contribution < 1.29 is 14.3 Å². The van der Waals surface area contributed by atoms with Crippen LogP contribution in [0.5, 0.6) is 5.75 Å². The topological polar surface area (TPSA) is 35.5 Å². The number of benzene rings is 1. The Labute approximate surface area is 103 Å². The van der Waals surface area contributed by atoms with E-state index in [0.29, 0.717) is 13.0 Å². The summed E-state index contributed by atoms with van der Waals surface area (Å²) in [6.45, 7) is 6.42. The largest absolute Gasteiger partial charge is 0.493 e. The van der Waals surface area contributed by atoms with Crippen molar-refractivity contribution in [3.05, 3.63) is 29.8 Å². The second kappa shape index (κ2) is 7.07. The van der Waals surface area contributed by atoms with Crippen molar-refractivity contribution in [2.24, 2.45) is 0 Å². The Balaban J connectivity index is 2.21. The third-order valence-corrected chi connectivity index (χ3v) is 2.22. The summed E-state index contributed by atoms with van der Waals surface area (Å²) >= 11 is 0. The van der Waals surface area contributed by atoms with Gasteiger partial charge >= 0.3 is 0 Å². The highest BCUT2D eigenvalue weighted by Gasteiger charge is 2.04. The number of ketones is 1. The molecule has 0 heterocycles. The molecule has 1 aromatic carbocycles. The van der Waals surface area contributed by atoms with Crippen LogP contribution in [0, 0.1) is 6.92 Å². The van der Waals surface area contributed by atoms with Gasteiger partial charge in [-0.2, -0.15) is 0 Å². The predicted octanol–water partition coefficient (Wildman–Crippen LogP) is 2.76. The van der Waals surface area contributed by atoms with Crippen LogP contribution < -0.4 is 4.74 Å². The van der Waals surface area contributed by atoms with Crippen LogP contribution in [0.3, 0.4) is 0 Å². The molecule has 0 aliphatic heterocycles. The van der Waals surface area contributed by atoms with Gasteiger partial charge in [0.2, 0.25) is 0 Å². The minimum Gasteiger partial charge on any atom is -0.493 e. The number of carbonyl (C=O) groups is 1. The number of hydrogen-bond donors (Lipinski definition) is 0. The van der Waals surface area contributed by atoms with Crippen LogP contribution in [0.2, 0.25) is 0 Å². The van der Waals surface area contributed by atoms with Gasteiger partial charge in [-0.15, -0.1) is 0 Å². The van der Waals surface area contributed by atoms with Gasteiger partial charge in [-0.3, -0.25) is 4.79 Å². The van der Waals surface area contributed by atoms with E-state index in [1.54, 1.807) is 0 Å². The molecule has 0 bridgehead atoms. The van der Waals surface area contributed by atoms with Crippen LogP contribution in [0.15, 0.2) is 24.3 Å². The van der Waals surface area contributed by atoms with Crippen LogP contribution in [0.1, 0.15) is 25.8 Å². The normalized spacial score (nSPS) is 10.6. The Morgan fingerprint density at radius 1 is 1.35 bits per heavy atom. The predicted molar refractivity (Wildman–Crippen MR) is 67.4 cm³/mol. The summed E-state index contributed by atoms with van der Waals surface area (Å²) < 4.78 is 10.7.